The third-order valence-electron chi connectivity index (χ3n) is 3.00. The first kappa shape index (κ1) is 14.6. The predicted octanol–water partition coefficient (Wildman–Crippen LogP) is 3.91. The van der Waals surface area contributed by atoms with E-state index in [0.29, 0.717) is 11.5 Å². The molecule has 3 nitrogen and oxygen atoms in total. The van der Waals surface area contributed by atoms with Gasteiger partial charge in [0.25, 0.3) is 0 Å². The third kappa shape index (κ3) is 3.21. The van der Waals surface area contributed by atoms with Crippen molar-refractivity contribution in [2.24, 2.45) is 0 Å². The summed E-state index contributed by atoms with van der Waals surface area (Å²) in [6.45, 7) is 0. The highest BCUT2D eigenvalue weighted by molar-refractivity contribution is 5.90. The monoisotopic (exact) mass is 283 g/mol. The topological polar surface area (TPSA) is 42.2 Å². The van der Waals surface area contributed by atoms with Crippen molar-refractivity contribution in [1.82, 2.24) is 0 Å². The summed E-state index contributed by atoms with van der Waals surface area (Å²) < 4.78 is 24.1. The van der Waals surface area contributed by atoms with Crippen LogP contribution in [-0.4, -0.2) is 14.2 Å². The number of hydrogen-bond acceptors (Lipinski definition) is 3. The summed E-state index contributed by atoms with van der Waals surface area (Å²) >= 11 is 0. The fourth-order valence-corrected chi connectivity index (χ4v) is 1.96. The minimum Gasteiger partial charge on any atom is -0.493 e. The number of halogens is 1. The van der Waals surface area contributed by atoms with Crippen LogP contribution < -0.4 is 9.47 Å². The van der Waals surface area contributed by atoms with Crippen LogP contribution in [0, 0.1) is 17.1 Å². The lowest BCUT2D eigenvalue weighted by Crippen LogP contribution is -1.91. The molecule has 2 aromatic rings. The molecule has 0 bridgehead atoms. The summed E-state index contributed by atoms with van der Waals surface area (Å²) in [5.41, 5.74) is 1.25. The standard InChI is InChI=1S/C17H14FNO2/c1-20-16-8-7-12(10-17(16)21-2)9-13(11-19)14-5-3-4-6-15(14)18/h3-10H,1-2H3/b13-9-. The molecule has 0 aromatic heterocycles. The van der Waals surface area contributed by atoms with E-state index in [-0.39, 0.29) is 11.1 Å². The first-order chi connectivity index (χ1) is 10.2. The van der Waals surface area contributed by atoms with Crippen molar-refractivity contribution >= 4 is 11.6 Å². The molecule has 0 spiro atoms. The van der Waals surface area contributed by atoms with E-state index in [1.54, 1.807) is 49.6 Å². The summed E-state index contributed by atoms with van der Waals surface area (Å²) in [6.07, 6.45) is 1.61. The molecule has 2 rings (SSSR count). The summed E-state index contributed by atoms with van der Waals surface area (Å²) in [5.74, 6) is 0.724. The van der Waals surface area contributed by atoms with E-state index in [9.17, 15) is 9.65 Å². The zero-order valence-corrected chi connectivity index (χ0v) is 11.8. The molecule has 4 heteroatoms. The van der Waals surface area contributed by atoms with Crippen LogP contribution in [0.2, 0.25) is 0 Å². The van der Waals surface area contributed by atoms with Crippen LogP contribution in [0.25, 0.3) is 11.6 Å². The quantitative estimate of drug-likeness (QED) is 0.631. The van der Waals surface area contributed by atoms with Gasteiger partial charge in [0.1, 0.15) is 5.82 Å². The number of allylic oxidation sites excluding steroid dienone is 1. The second-order valence-electron chi connectivity index (χ2n) is 4.26. The Morgan fingerprint density at radius 2 is 1.81 bits per heavy atom. The van der Waals surface area contributed by atoms with Crippen LogP contribution in [0.15, 0.2) is 42.5 Å². The maximum absolute atomic E-state index is 13.8. The lowest BCUT2D eigenvalue weighted by Gasteiger charge is -2.08. The Kier molecular flexibility index (Phi) is 4.57. The third-order valence-corrected chi connectivity index (χ3v) is 3.00. The van der Waals surface area contributed by atoms with E-state index in [1.807, 2.05) is 6.07 Å². The molecule has 0 radical (unpaired) electrons. The SMILES string of the molecule is COc1ccc(/C=C(/C#N)c2ccccc2F)cc1OC. The van der Waals surface area contributed by atoms with E-state index in [0.717, 1.165) is 5.56 Å². The molecule has 106 valence electrons. The molecule has 0 heterocycles. The molecule has 0 N–H and O–H groups in total. The molecule has 0 saturated carbocycles. The first-order valence-electron chi connectivity index (χ1n) is 6.28. The van der Waals surface area contributed by atoms with Crippen molar-refractivity contribution in [1.29, 1.82) is 5.26 Å². The number of nitrogens with zero attached hydrogens (tertiary/aromatic N) is 1. The second-order valence-corrected chi connectivity index (χ2v) is 4.26. The highest BCUT2D eigenvalue weighted by Crippen LogP contribution is 2.29. The summed E-state index contributed by atoms with van der Waals surface area (Å²) in [4.78, 5) is 0. The number of nitriles is 1. The summed E-state index contributed by atoms with van der Waals surface area (Å²) in [7, 11) is 3.08. The molecule has 0 fully saturated rings. The molecule has 0 aliphatic carbocycles. The van der Waals surface area contributed by atoms with Gasteiger partial charge in [0.15, 0.2) is 11.5 Å². The van der Waals surface area contributed by atoms with Crippen LogP contribution in [0.4, 0.5) is 4.39 Å². The van der Waals surface area contributed by atoms with Crippen molar-refractivity contribution in [3.8, 4) is 17.6 Å². The van der Waals surface area contributed by atoms with E-state index in [4.69, 9.17) is 9.47 Å². The zero-order valence-electron chi connectivity index (χ0n) is 11.8. The molecular formula is C17H14FNO2. The van der Waals surface area contributed by atoms with Crippen molar-refractivity contribution in [2.75, 3.05) is 14.2 Å². The van der Waals surface area contributed by atoms with Gasteiger partial charge in [-0.05, 0) is 29.8 Å². The van der Waals surface area contributed by atoms with Gasteiger partial charge in [-0.3, -0.25) is 0 Å². The lowest BCUT2D eigenvalue weighted by molar-refractivity contribution is 0.355. The number of benzene rings is 2. The Hall–Kier alpha value is -2.80. The molecule has 0 saturated heterocycles. The molecule has 2 aromatic carbocycles. The smallest absolute Gasteiger partial charge is 0.161 e. The maximum Gasteiger partial charge on any atom is 0.161 e. The van der Waals surface area contributed by atoms with Gasteiger partial charge in [-0.25, -0.2) is 4.39 Å². The van der Waals surface area contributed by atoms with E-state index in [1.165, 1.54) is 13.2 Å². The Morgan fingerprint density at radius 3 is 2.43 bits per heavy atom. The van der Waals surface area contributed by atoms with Gasteiger partial charge in [0.05, 0.1) is 25.9 Å². The van der Waals surface area contributed by atoms with Gasteiger partial charge >= 0.3 is 0 Å². The molecular weight excluding hydrogens is 269 g/mol. The Morgan fingerprint density at radius 1 is 1.10 bits per heavy atom. The number of hydrogen-bond donors (Lipinski definition) is 0. The highest BCUT2D eigenvalue weighted by Gasteiger charge is 2.08. The molecule has 0 aliphatic rings. The Labute approximate surface area is 122 Å². The highest BCUT2D eigenvalue weighted by atomic mass is 19.1. The largest absolute Gasteiger partial charge is 0.493 e. The van der Waals surface area contributed by atoms with Crippen molar-refractivity contribution < 1.29 is 13.9 Å². The fourth-order valence-electron chi connectivity index (χ4n) is 1.96. The van der Waals surface area contributed by atoms with E-state index >= 15 is 0 Å². The van der Waals surface area contributed by atoms with Gasteiger partial charge < -0.3 is 9.47 Å². The molecule has 0 aliphatic heterocycles. The van der Waals surface area contributed by atoms with Crippen LogP contribution >= 0.6 is 0 Å². The summed E-state index contributed by atoms with van der Waals surface area (Å²) in [5, 5.41) is 9.25. The molecule has 0 unspecified atom stereocenters. The maximum atomic E-state index is 13.8. The van der Waals surface area contributed by atoms with Crippen LogP contribution in [0.5, 0.6) is 11.5 Å². The Balaban J connectivity index is 2.46. The number of ether oxygens (including phenoxy) is 2. The molecule has 21 heavy (non-hydrogen) atoms. The number of rotatable bonds is 4. The first-order valence-corrected chi connectivity index (χ1v) is 6.28. The van der Waals surface area contributed by atoms with Gasteiger partial charge in [0.2, 0.25) is 0 Å². The van der Waals surface area contributed by atoms with Gasteiger partial charge in [-0.2, -0.15) is 5.26 Å². The predicted molar refractivity (Wildman–Crippen MR) is 79.4 cm³/mol. The number of methoxy groups -OCH3 is 2. The van der Waals surface area contributed by atoms with Gasteiger partial charge in [-0.1, -0.05) is 24.3 Å². The fraction of sp³-hybridized carbons (Fsp3) is 0.118. The zero-order chi connectivity index (χ0) is 15.2. The molecule has 0 atom stereocenters. The van der Waals surface area contributed by atoms with Gasteiger partial charge in [-0.15, -0.1) is 0 Å². The summed E-state index contributed by atoms with van der Waals surface area (Å²) in [6, 6.07) is 13.5. The van der Waals surface area contributed by atoms with Crippen LogP contribution in [-0.2, 0) is 0 Å². The minimum atomic E-state index is -0.425. The normalized spacial score (nSPS) is 10.9. The van der Waals surface area contributed by atoms with E-state index < -0.39 is 5.82 Å². The minimum absolute atomic E-state index is 0.250. The lowest BCUT2D eigenvalue weighted by atomic mass is 10.0. The van der Waals surface area contributed by atoms with Crippen molar-refractivity contribution in [2.45, 2.75) is 0 Å². The van der Waals surface area contributed by atoms with Gasteiger partial charge in [0, 0.05) is 5.56 Å². The Bertz CT molecular complexity index is 717. The van der Waals surface area contributed by atoms with Crippen LogP contribution in [0.3, 0.4) is 0 Å². The van der Waals surface area contributed by atoms with Crippen molar-refractivity contribution in [3.05, 3.63) is 59.4 Å². The van der Waals surface area contributed by atoms with Crippen LogP contribution in [0.1, 0.15) is 11.1 Å². The molecule has 0 amide bonds. The average Bonchev–Trinajstić information content (AvgIpc) is 2.53. The average molecular weight is 283 g/mol. The van der Waals surface area contributed by atoms with E-state index in [2.05, 4.69) is 0 Å². The van der Waals surface area contributed by atoms with Crippen molar-refractivity contribution in [3.63, 3.8) is 0 Å². The second kappa shape index (κ2) is 6.58.